The lowest BCUT2D eigenvalue weighted by Crippen LogP contribution is -2.42. The van der Waals surface area contributed by atoms with Gasteiger partial charge in [0.15, 0.2) is 0 Å². The van der Waals surface area contributed by atoms with Crippen molar-refractivity contribution in [1.82, 2.24) is 19.4 Å². The Hall–Kier alpha value is -1.88. The lowest BCUT2D eigenvalue weighted by Gasteiger charge is -2.32. The highest BCUT2D eigenvalue weighted by atomic mass is 16.5. The third kappa shape index (κ3) is 2.46. The molecule has 3 rings (SSSR count). The molecule has 2 aromatic rings. The molecule has 5 nitrogen and oxygen atoms in total. The van der Waals surface area contributed by atoms with Crippen LogP contribution in [0, 0.1) is 0 Å². The summed E-state index contributed by atoms with van der Waals surface area (Å²) in [4.78, 5) is 10.9. The number of fused-ring (bicyclic) bond motifs is 1. The van der Waals surface area contributed by atoms with Gasteiger partial charge in [-0.25, -0.2) is 9.97 Å². The molecule has 0 aromatic carbocycles. The molecule has 1 atom stereocenters. The van der Waals surface area contributed by atoms with Gasteiger partial charge in [0.2, 0.25) is 5.88 Å². The molecular weight excluding hydrogens is 240 g/mol. The fourth-order valence-electron chi connectivity index (χ4n) is 2.44. The minimum Gasteiger partial charge on any atom is -0.476 e. The second kappa shape index (κ2) is 5.01. The molecule has 19 heavy (non-hydrogen) atoms. The van der Waals surface area contributed by atoms with Gasteiger partial charge in [0.1, 0.15) is 6.61 Å². The molecule has 0 unspecified atom stereocenters. The van der Waals surface area contributed by atoms with Gasteiger partial charge in [0, 0.05) is 44.0 Å². The Morgan fingerprint density at radius 1 is 1.32 bits per heavy atom. The number of nitrogens with zero attached hydrogens (tertiary/aromatic N) is 4. The van der Waals surface area contributed by atoms with Crippen LogP contribution in [0.2, 0.25) is 0 Å². The van der Waals surface area contributed by atoms with E-state index in [9.17, 15) is 0 Å². The molecule has 0 radical (unpaired) electrons. The van der Waals surface area contributed by atoms with E-state index in [0.29, 0.717) is 18.5 Å². The van der Waals surface area contributed by atoms with Crippen LogP contribution in [-0.2, 0) is 20.0 Å². The summed E-state index contributed by atoms with van der Waals surface area (Å²) >= 11 is 0. The van der Waals surface area contributed by atoms with Gasteiger partial charge in [0.05, 0.1) is 12.0 Å². The summed E-state index contributed by atoms with van der Waals surface area (Å²) in [6, 6.07) is 6.08. The second-order valence-electron chi connectivity index (χ2n) is 5.00. The SMILES string of the molecule is CN1Cc2ncn(C)c2C[C@@H]1COc1ccccn1. The summed E-state index contributed by atoms with van der Waals surface area (Å²) < 4.78 is 7.87. The van der Waals surface area contributed by atoms with Crippen molar-refractivity contribution in [3.8, 4) is 5.88 Å². The largest absolute Gasteiger partial charge is 0.476 e. The van der Waals surface area contributed by atoms with Crippen LogP contribution in [0.3, 0.4) is 0 Å². The molecule has 0 saturated heterocycles. The summed E-state index contributed by atoms with van der Waals surface area (Å²) in [6.45, 7) is 1.53. The maximum Gasteiger partial charge on any atom is 0.213 e. The molecule has 5 heteroatoms. The Kier molecular flexibility index (Phi) is 3.21. The van der Waals surface area contributed by atoms with Crippen molar-refractivity contribution in [2.75, 3.05) is 13.7 Å². The van der Waals surface area contributed by atoms with Gasteiger partial charge < -0.3 is 9.30 Å². The van der Waals surface area contributed by atoms with Crippen LogP contribution >= 0.6 is 0 Å². The first kappa shape index (κ1) is 12.2. The molecule has 0 bridgehead atoms. The van der Waals surface area contributed by atoms with Crippen LogP contribution < -0.4 is 4.74 Å². The monoisotopic (exact) mass is 258 g/mol. The van der Waals surface area contributed by atoms with Crippen molar-refractivity contribution < 1.29 is 4.74 Å². The number of hydrogen-bond acceptors (Lipinski definition) is 4. The summed E-state index contributed by atoms with van der Waals surface area (Å²) in [7, 11) is 4.16. The topological polar surface area (TPSA) is 43.2 Å². The number of ether oxygens (including phenoxy) is 1. The van der Waals surface area contributed by atoms with E-state index in [1.165, 1.54) is 11.4 Å². The smallest absolute Gasteiger partial charge is 0.213 e. The van der Waals surface area contributed by atoms with E-state index in [4.69, 9.17) is 4.74 Å². The predicted octanol–water partition coefficient (Wildman–Crippen LogP) is 1.25. The first-order chi connectivity index (χ1) is 9.24. The third-order valence-corrected chi connectivity index (χ3v) is 3.66. The summed E-state index contributed by atoms with van der Waals surface area (Å²) in [5.41, 5.74) is 2.49. The Morgan fingerprint density at radius 2 is 2.21 bits per heavy atom. The van der Waals surface area contributed by atoms with Crippen LogP contribution in [0.1, 0.15) is 11.4 Å². The Morgan fingerprint density at radius 3 is 3.00 bits per heavy atom. The first-order valence-corrected chi connectivity index (χ1v) is 6.47. The standard InChI is InChI=1S/C14H18N4O/c1-17-8-12-13(18(2)10-16-12)7-11(17)9-19-14-5-3-4-6-15-14/h3-6,10-11H,7-9H2,1-2H3/t11-/m1/s1. The third-order valence-electron chi connectivity index (χ3n) is 3.66. The molecule has 2 aromatic heterocycles. The Labute approximate surface area is 112 Å². The number of aromatic nitrogens is 3. The van der Waals surface area contributed by atoms with Gasteiger partial charge in [-0.05, 0) is 13.1 Å². The average Bonchev–Trinajstić information content (AvgIpc) is 2.78. The van der Waals surface area contributed by atoms with Crippen molar-refractivity contribution in [2.45, 2.75) is 19.0 Å². The molecule has 0 saturated carbocycles. The molecule has 0 amide bonds. The maximum atomic E-state index is 5.76. The zero-order chi connectivity index (χ0) is 13.2. The Bertz CT molecular complexity index is 552. The van der Waals surface area contributed by atoms with Gasteiger partial charge >= 0.3 is 0 Å². The van der Waals surface area contributed by atoms with Gasteiger partial charge in [-0.15, -0.1) is 0 Å². The second-order valence-corrected chi connectivity index (χ2v) is 5.00. The lowest BCUT2D eigenvalue weighted by atomic mass is 10.0. The number of imidazole rings is 1. The van der Waals surface area contributed by atoms with Crippen LogP contribution in [0.4, 0.5) is 0 Å². The molecule has 0 fully saturated rings. The van der Waals surface area contributed by atoms with E-state index in [-0.39, 0.29) is 0 Å². The number of aryl methyl sites for hydroxylation is 1. The van der Waals surface area contributed by atoms with E-state index in [2.05, 4.69) is 26.5 Å². The van der Waals surface area contributed by atoms with Crippen molar-refractivity contribution in [1.29, 1.82) is 0 Å². The molecule has 0 aliphatic carbocycles. The average molecular weight is 258 g/mol. The van der Waals surface area contributed by atoms with Gasteiger partial charge in [0.25, 0.3) is 0 Å². The van der Waals surface area contributed by atoms with Crippen molar-refractivity contribution in [2.24, 2.45) is 7.05 Å². The highest BCUT2D eigenvalue weighted by Gasteiger charge is 2.26. The summed E-state index contributed by atoms with van der Waals surface area (Å²) in [5.74, 6) is 0.687. The molecular formula is C14H18N4O. The summed E-state index contributed by atoms with van der Waals surface area (Å²) in [5, 5.41) is 0. The normalized spacial score (nSPS) is 19.2. The van der Waals surface area contributed by atoms with Crippen molar-refractivity contribution in [3.05, 3.63) is 42.1 Å². The molecule has 100 valence electrons. The highest BCUT2D eigenvalue weighted by Crippen LogP contribution is 2.21. The zero-order valence-electron chi connectivity index (χ0n) is 11.3. The number of rotatable bonds is 3. The van der Waals surface area contributed by atoms with E-state index in [1.54, 1.807) is 6.20 Å². The molecule has 1 aliphatic heterocycles. The van der Waals surface area contributed by atoms with Crippen LogP contribution in [0.15, 0.2) is 30.7 Å². The lowest BCUT2D eigenvalue weighted by molar-refractivity contribution is 0.138. The van der Waals surface area contributed by atoms with Gasteiger partial charge in [-0.3, -0.25) is 4.90 Å². The molecule has 1 aliphatic rings. The highest BCUT2D eigenvalue weighted by molar-refractivity contribution is 5.18. The predicted molar refractivity (Wildman–Crippen MR) is 71.9 cm³/mol. The van der Waals surface area contributed by atoms with E-state index in [0.717, 1.165) is 13.0 Å². The molecule has 0 N–H and O–H groups in total. The van der Waals surface area contributed by atoms with Crippen molar-refractivity contribution >= 4 is 0 Å². The van der Waals surface area contributed by atoms with Gasteiger partial charge in [-0.2, -0.15) is 0 Å². The maximum absolute atomic E-state index is 5.76. The Balaban J connectivity index is 1.67. The van der Waals surface area contributed by atoms with Crippen molar-refractivity contribution in [3.63, 3.8) is 0 Å². The van der Waals surface area contributed by atoms with E-state index in [1.807, 2.05) is 31.6 Å². The van der Waals surface area contributed by atoms with Crippen LogP contribution in [0.5, 0.6) is 5.88 Å². The van der Waals surface area contributed by atoms with E-state index < -0.39 is 0 Å². The number of hydrogen-bond donors (Lipinski definition) is 0. The van der Waals surface area contributed by atoms with Crippen LogP contribution in [-0.4, -0.2) is 39.1 Å². The minimum atomic E-state index is 0.366. The quantitative estimate of drug-likeness (QED) is 0.831. The first-order valence-electron chi connectivity index (χ1n) is 6.47. The minimum absolute atomic E-state index is 0.366. The van der Waals surface area contributed by atoms with E-state index >= 15 is 0 Å². The zero-order valence-corrected chi connectivity index (χ0v) is 11.3. The van der Waals surface area contributed by atoms with Gasteiger partial charge in [-0.1, -0.05) is 6.07 Å². The summed E-state index contributed by atoms with van der Waals surface area (Å²) in [6.07, 6.45) is 4.61. The number of pyridine rings is 1. The molecule has 3 heterocycles. The molecule has 0 spiro atoms. The van der Waals surface area contributed by atoms with Crippen LogP contribution in [0.25, 0.3) is 0 Å². The number of likely N-dealkylation sites (N-methyl/N-ethyl adjacent to an activating group) is 1. The fraction of sp³-hybridized carbons (Fsp3) is 0.429. The fourth-order valence-corrected chi connectivity index (χ4v) is 2.44.